The van der Waals surface area contributed by atoms with Crippen LogP contribution in [0.25, 0.3) is 0 Å². The summed E-state index contributed by atoms with van der Waals surface area (Å²) in [5, 5.41) is 2.67. The lowest BCUT2D eigenvalue weighted by atomic mass is 10.4. The van der Waals surface area contributed by atoms with Gasteiger partial charge < -0.3 is 5.32 Å². The van der Waals surface area contributed by atoms with E-state index < -0.39 is 18.7 Å². The van der Waals surface area contributed by atoms with Crippen LogP contribution in [0.2, 0.25) is 0 Å². The highest BCUT2D eigenvalue weighted by molar-refractivity contribution is 5.74. The molecule has 0 aromatic carbocycles. The lowest BCUT2D eigenvalue weighted by Gasteiger charge is -2.07. The zero-order chi connectivity index (χ0) is 10.3. The average Bonchev–Trinajstić information content (AvgIpc) is 1.98. The summed E-state index contributed by atoms with van der Waals surface area (Å²) >= 11 is 0. The van der Waals surface area contributed by atoms with E-state index in [0.717, 1.165) is 0 Å². The van der Waals surface area contributed by atoms with Crippen molar-refractivity contribution in [2.24, 2.45) is 0 Å². The van der Waals surface area contributed by atoms with Crippen molar-refractivity contribution in [3.05, 3.63) is 0 Å². The van der Waals surface area contributed by atoms with Gasteiger partial charge in [0, 0.05) is 13.0 Å². The summed E-state index contributed by atoms with van der Waals surface area (Å²) in [5.74, 6) is -0.585. The summed E-state index contributed by atoms with van der Waals surface area (Å²) in [6, 6.07) is 0. The van der Waals surface area contributed by atoms with Gasteiger partial charge in [0.15, 0.2) is 6.61 Å². The molecule has 0 aliphatic rings. The number of alkyl halides is 3. The Balaban J connectivity index is 3.37. The van der Waals surface area contributed by atoms with Crippen molar-refractivity contribution in [2.45, 2.75) is 12.6 Å². The maximum absolute atomic E-state index is 11.5. The standard InChI is InChI=1S/C6H11F3N2O2/c1-10-3-2-5(12)11-13-4-6(7,8)9/h10H,2-4H2,1H3,(H,11,12). The number of carbonyl (C=O) groups excluding carboxylic acids is 1. The highest BCUT2D eigenvalue weighted by atomic mass is 19.4. The molecule has 0 bridgehead atoms. The van der Waals surface area contributed by atoms with E-state index in [9.17, 15) is 18.0 Å². The van der Waals surface area contributed by atoms with Gasteiger partial charge in [-0.2, -0.15) is 13.2 Å². The molecule has 0 saturated heterocycles. The monoisotopic (exact) mass is 200 g/mol. The van der Waals surface area contributed by atoms with Crippen molar-refractivity contribution in [1.29, 1.82) is 0 Å². The zero-order valence-corrected chi connectivity index (χ0v) is 7.07. The molecule has 0 aromatic heterocycles. The molecule has 0 heterocycles. The van der Waals surface area contributed by atoms with E-state index in [0.29, 0.717) is 6.54 Å². The van der Waals surface area contributed by atoms with Crippen LogP contribution in [-0.4, -0.2) is 32.3 Å². The predicted molar refractivity (Wildman–Crippen MR) is 38.7 cm³/mol. The minimum atomic E-state index is -4.42. The molecular formula is C6H11F3N2O2. The van der Waals surface area contributed by atoms with Gasteiger partial charge >= 0.3 is 6.18 Å². The van der Waals surface area contributed by atoms with Crippen molar-refractivity contribution >= 4 is 5.91 Å². The first-order valence-electron chi connectivity index (χ1n) is 3.57. The number of hydrogen-bond acceptors (Lipinski definition) is 3. The van der Waals surface area contributed by atoms with Crippen LogP contribution in [0.4, 0.5) is 13.2 Å². The Hall–Kier alpha value is -0.820. The van der Waals surface area contributed by atoms with E-state index in [2.05, 4.69) is 10.2 Å². The molecule has 0 rings (SSSR count). The van der Waals surface area contributed by atoms with Gasteiger partial charge in [0.05, 0.1) is 0 Å². The fraction of sp³-hybridized carbons (Fsp3) is 0.833. The van der Waals surface area contributed by atoms with E-state index in [-0.39, 0.29) is 6.42 Å². The Morgan fingerprint density at radius 3 is 2.54 bits per heavy atom. The first-order chi connectivity index (χ1) is 5.95. The Labute approximate surface area is 73.4 Å². The fourth-order valence-electron chi connectivity index (χ4n) is 0.488. The minimum absolute atomic E-state index is 0.0777. The Kier molecular flexibility index (Phi) is 5.40. The van der Waals surface area contributed by atoms with E-state index >= 15 is 0 Å². The number of hydrogen-bond donors (Lipinski definition) is 2. The number of rotatable bonds is 5. The summed E-state index contributed by atoms with van der Waals surface area (Å²) in [6.07, 6.45) is -4.34. The lowest BCUT2D eigenvalue weighted by Crippen LogP contribution is -2.31. The van der Waals surface area contributed by atoms with Crippen LogP contribution < -0.4 is 10.8 Å². The van der Waals surface area contributed by atoms with Gasteiger partial charge in [-0.1, -0.05) is 0 Å². The quantitative estimate of drug-likeness (QED) is 0.623. The second kappa shape index (κ2) is 5.76. The van der Waals surface area contributed by atoms with Gasteiger partial charge in [-0.25, -0.2) is 5.48 Å². The zero-order valence-electron chi connectivity index (χ0n) is 7.07. The van der Waals surface area contributed by atoms with Gasteiger partial charge in [0.2, 0.25) is 5.91 Å². The molecule has 0 fully saturated rings. The van der Waals surface area contributed by atoms with Crippen LogP contribution in [0.15, 0.2) is 0 Å². The summed E-state index contributed by atoms with van der Waals surface area (Å²) in [5.41, 5.74) is 1.68. The highest BCUT2D eigenvalue weighted by Crippen LogP contribution is 2.13. The van der Waals surface area contributed by atoms with Crippen LogP contribution in [0.3, 0.4) is 0 Å². The van der Waals surface area contributed by atoms with Crippen molar-refractivity contribution in [1.82, 2.24) is 10.8 Å². The molecule has 0 spiro atoms. The number of halogens is 3. The number of hydroxylamine groups is 1. The number of nitrogens with one attached hydrogen (secondary N) is 2. The van der Waals surface area contributed by atoms with Gasteiger partial charge in [-0.3, -0.25) is 9.63 Å². The fourth-order valence-corrected chi connectivity index (χ4v) is 0.488. The molecule has 0 aliphatic carbocycles. The molecule has 0 radical (unpaired) electrons. The Morgan fingerprint density at radius 2 is 2.08 bits per heavy atom. The molecule has 0 aliphatic heterocycles. The maximum atomic E-state index is 11.5. The van der Waals surface area contributed by atoms with Crippen molar-refractivity contribution < 1.29 is 22.8 Å². The second-order valence-electron chi connectivity index (χ2n) is 2.28. The third-order valence-electron chi connectivity index (χ3n) is 1.02. The van der Waals surface area contributed by atoms with Gasteiger partial charge in [-0.05, 0) is 7.05 Å². The Morgan fingerprint density at radius 1 is 1.46 bits per heavy atom. The van der Waals surface area contributed by atoms with Crippen LogP contribution in [-0.2, 0) is 9.63 Å². The molecule has 2 N–H and O–H groups in total. The van der Waals surface area contributed by atoms with Gasteiger partial charge in [0.1, 0.15) is 0 Å². The summed E-state index contributed by atoms with van der Waals surface area (Å²) < 4.78 is 34.4. The van der Waals surface area contributed by atoms with Crippen molar-refractivity contribution in [3.8, 4) is 0 Å². The molecule has 0 saturated carbocycles. The van der Waals surface area contributed by atoms with E-state index in [1.807, 2.05) is 0 Å². The molecule has 13 heavy (non-hydrogen) atoms. The van der Waals surface area contributed by atoms with Crippen molar-refractivity contribution in [3.63, 3.8) is 0 Å². The lowest BCUT2D eigenvalue weighted by molar-refractivity contribution is -0.191. The number of carbonyl (C=O) groups is 1. The topological polar surface area (TPSA) is 50.4 Å². The van der Waals surface area contributed by atoms with E-state index in [4.69, 9.17) is 0 Å². The molecule has 7 heteroatoms. The molecule has 78 valence electrons. The molecule has 0 atom stereocenters. The predicted octanol–water partition coefficient (Wildman–Crippen LogP) is 0.206. The molecule has 0 aromatic rings. The van der Waals surface area contributed by atoms with Gasteiger partial charge in [0.25, 0.3) is 0 Å². The van der Waals surface area contributed by atoms with Crippen LogP contribution in [0.5, 0.6) is 0 Å². The second-order valence-corrected chi connectivity index (χ2v) is 2.28. The van der Waals surface area contributed by atoms with Crippen LogP contribution in [0.1, 0.15) is 6.42 Å². The largest absolute Gasteiger partial charge is 0.414 e. The molecular weight excluding hydrogens is 189 g/mol. The van der Waals surface area contributed by atoms with Gasteiger partial charge in [-0.15, -0.1) is 0 Å². The smallest absolute Gasteiger partial charge is 0.319 e. The summed E-state index contributed by atoms with van der Waals surface area (Å²) in [4.78, 5) is 14.5. The summed E-state index contributed by atoms with van der Waals surface area (Å²) in [7, 11) is 1.63. The minimum Gasteiger partial charge on any atom is -0.319 e. The molecule has 0 unspecified atom stereocenters. The van der Waals surface area contributed by atoms with Crippen LogP contribution >= 0.6 is 0 Å². The molecule has 1 amide bonds. The maximum Gasteiger partial charge on any atom is 0.414 e. The highest BCUT2D eigenvalue weighted by Gasteiger charge is 2.28. The first kappa shape index (κ1) is 12.2. The molecule has 4 nitrogen and oxygen atoms in total. The van der Waals surface area contributed by atoms with E-state index in [1.54, 1.807) is 12.5 Å². The third kappa shape index (κ3) is 9.09. The van der Waals surface area contributed by atoms with Crippen LogP contribution in [0, 0.1) is 0 Å². The SMILES string of the molecule is CNCCC(=O)NOCC(F)(F)F. The normalized spacial score (nSPS) is 11.4. The third-order valence-corrected chi connectivity index (χ3v) is 1.02. The number of amides is 1. The average molecular weight is 200 g/mol. The first-order valence-corrected chi connectivity index (χ1v) is 3.57. The summed E-state index contributed by atoms with van der Waals surface area (Å²) in [6.45, 7) is -1.08. The van der Waals surface area contributed by atoms with E-state index in [1.165, 1.54) is 0 Å². The van der Waals surface area contributed by atoms with Crippen molar-refractivity contribution in [2.75, 3.05) is 20.2 Å². The Bertz CT molecular complexity index is 160.